The molecule has 0 heterocycles. The molecule has 0 aromatic heterocycles. The maximum absolute atomic E-state index is 10.5. The fraction of sp³-hybridized carbons (Fsp3) is 0.500. The van der Waals surface area contributed by atoms with Gasteiger partial charge in [0.15, 0.2) is 0 Å². The van der Waals surface area contributed by atoms with Crippen LogP contribution in [0, 0.1) is 0 Å². The van der Waals surface area contributed by atoms with Gasteiger partial charge in [0, 0.05) is 5.57 Å². The van der Waals surface area contributed by atoms with Crippen molar-refractivity contribution < 1.29 is 14.6 Å². The monoisotopic (exact) mass is 184 g/mol. The van der Waals surface area contributed by atoms with Crippen molar-refractivity contribution in [2.24, 2.45) is 0 Å². The zero-order valence-corrected chi connectivity index (χ0v) is 7.95. The number of hydrogen-bond donors (Lipinski definition) is 1. The van der Waals surface area contributed by atoms with Crippen LogP contribution >= 0.6 is 0 Å². The Morgan fingerprint density at radius 2 is 2.31 bits per heavy atom. The molecule has 0 rings (SSSR count). The second-order valence-electron chi connectivity index (χ2n) is 2.54. The molecular formula is C10H16O3. The van der Waals surface area contributed by atoms with E-state index in [1.807, 2.05) is 6.92 Å². The van der Waals surface area contributed by atoms with Gasteiger partial charge in [0.2, 0.25) is 0 Å². The summed E-state index contributed by atoms with van der Waals surface area (Å²) in [7, 11) is 0. The summed E-state index contributed by atoms with van der Waals surface area (Å²) in [6.45, 7) is 6.32. The van der Waals surface area contributed by atoms with Crippen LogP contribution in [0.25, 0.3) is 0 Å². The highest BCUT2D eigenvalue weighted by molar-refractivity contribution is 5.86. The maximum atomic E-state index is 10.5. The molecule has 0 spiro atoms. The molecule has 1 N–H and O–H groups in total. The lowest BCUT2D eigenvalue weighted by Crippen LogP contribution is -2.02. The Bertz CT molecular complexity index is 194. The smallest absolute Gasteiger partial charge is 0.331 e. The van der Waals surface area contributed by atoms with Crippen molar-refractivity contribution in [3.63, 3.8) is 0 Å². The van der Waals surface area contributed by atoms with Gasteiger partial charge in [-0.05, 0) is 18.9 Å². The van der Waals surface area contributed by atoms with Crippen LogP contribution in [-0.2, 0) is 9.53 Å². The van der Waals surface area contributed by atoms with Crippen molar-refractivity contribution in [3.8, 4) is 0 Å². The molecule has 0 aliphatic heterocycles. The van der Waals surface area contributed by atoms with Gasteiger partial charge in [-0.25, -0.2) is 4.79 Å². The van der Waals surface area contributed by atoms with Crippen LogP contribution in [-0.4, -0.2) is 24.3 Å². The molecule has 74 valence electrons. The van der Waals surface area contributed by atoms with Crippen molar-refractivity contribution in [1.82, 2.24) is 0 Å². The minimum absolute atomic E-state index is 0.364. The third kappa shape index (κ3) is 6.11. The zero-order chi connectivity index (χ0) is 10.1. The lowest BCUT2D eigenvalue weighted by atomic mass is 10.2. The van der Waals surface area contributed by atoms with Gasteiger partial charge >= 0.3 is 5.97 Å². The maximum Gasteiger partial charge on any atom is 0.331 e. The second kappa shape index (κ2) is 7.55. The Balaban J connectivity index is 3.67. The standard InChI is InChI=1S/C10H16O3/c1-3-5-7-13-8-6-9(4-2)10(11)12/h3,6H,1,4-5,7-8H2,2H3,(H,11,12). The Morgan fingerprint density at radius 1 is 1.62 bits per heavy atom. The Labute approximate surface area is 78.7 Å². The summed E-state index contributed by atoms with van der Waals surface area (Å²) in [4.78, 5) is 10.5. The van der Waals surface area contributed by atoms with Gasteiger partial charge in [-0.15, -0.1) is 6.58 Å². The lowest BCUT2D eigenvalue weighted by molar-refractivity contribution is -0.132. The van der Waals surface area contributed by atoms with Crippen LogP contribution in [0.5, 0.6) is 0 Å². The number of rotatable bonds is 7. The molecule has 0 aromatic carbocycles. The number of carboxylic acids is 1. The van der Waals surface area contributed by atoms with E-state index in [0.717, 1.165) is 6.42 Å². The van der Waals surface area contributed by atoms with Gasteiger partial charge < -0.3 is 9.84 Å². The molecule has 0 bridgehead atoms. The molecule has 0 saturated heterocycles. The SMILES string of the molecule is C=CCCOCC=C(CC)C(=O)O. The van der Waals surface area contributed by atoms with E-state index in [4.69, 9.17) is 9.84 Å². The van der Waals surface area contributed by atoms with Crippen molar-refractivity contribution in [1.29, 1.82) is 0 Å². The first-order valence-electron chi connectivity index (χ1n) is 4.33. The first-order valence-corrected chi connectivity index (χ1v) is 4.33. The van der Waals surface area contributed by atoms with E-state index in [9.17, 15) is 4.79 Å². The van der Waals surface area contributed by atoms with Gasteiger partial charge in [0.05, 0.1) is 13.2 Å². The predicted molar refractivity (Wildman–Crippen MR) is 51.6 cm³/mol. The highest BCUT2D eigenvalue weighted by Gasteiger charge is 2.02. The number of hydrogen-bond acceptors (Lipinski definition) is 2. The molecular weight excluding hydrogens is 168 g/mol. The first-order chi connectivity index (χ1) is 6.22. The quantitative estimate of drug-likeness (QED) is 0.374. The third-order valence-electron chi connectivity index (χ3n) is 1.57. The molecule has 0 aliphatic carbocycles. The van der Waals surface area contributed by atoms with Crippen molar-refractivity contribution in [3.05, 3.63) is 24.3 Å². The number of ether oxygens (including phenoxy) is 1. The largest absolute Gasteiger partial charge is 0.478 e. The van der Waals surface area contributed by atoms with E-state index in [1.165, 1.54) is 0 Å². The van der Waals surface area contributed by atoms with Crippen LogP contribution in [0.2, 0.25) is 0 Å². The Kier molecular flexibility index (Phi) is 6.92. The molecule has 0 fully saturated rings. The number of carbonyl (C=O) groups is 1. The van der Waals surface area contributed by atoms with Gasteiger partial charge in [-0.2, -0.15) is 0 Å². The van der Waals surface area contributed by atoms with E-state index >= 15 is 0 Å². The molecule has 13 heavy (non-hydrogen) atoms. The highest BCUT2D eigenvalue weighted by Crippen LogP contribution is 2.00. The van der Waals surface area contributed by atoms with Crippen molar-refractivity contribution >= 4 is 5.97 Å². The van der Waals surface area contributed by atoms with Crippen LogP contribution < -0.4 is 0 Å². The molecule has 0 unspecified atom stereocenters. The minimum Gasteiger partial charge on any atom is -0.478 e. The Hall–Kier alpha value is -1.09. The fourth-order valence-electron chi connectivity index (χ4n) is 0.792. The van der Waals surface area contributed by atoms with Crippen molar-refractivity contribution in [2.75, 3.05) is 13.2 Å². The summed E-state index contributed by atoms with van der Waals surface area (Å²) in [6, 6.07) is 0. The molecule has 0 radical (unpaired) electrons. The van der Waals surface area contributed by atoms with Crippen LogP contribution in [0.15, 0.2) is 24.3 Å². The zero-order valence-electron chi connectivity index (χ0n) is 7.95. The predicted octanol–water partition coefficient (Wildman–Crippen LogP) is 2.00. The van der Waals surface area contributed by atoms with Crippen LogP contribution in [0.4, 0.5) is 0 Å². The third-order valence-corrected chi connectivity index (χ3v) is 1.57. The Morgan fingerprint density at radius 3 is 2.77 bits per heavy atom. The summed E-state index contributed by atoms with van der Waals surface area (Å²) in [5, 5.41) is 8.64. The summed E-state index contributed by atoms with van der Waals surface area (Å²) in [5.41, 5.74) is 0.401. The van der Waals surface area contributed by atoms with E-state index < -0.39 is 5.97 Å². The number of carboxylic acid groups (broad SMARTS) is 1. The molecule has 0 amide bonds. The average molecular weight is 184 g/mol. The molecule has 0 aromatic rings. The lowest BCUT2D eigenvalue weighted by Gasteiger charge is -1.99. The van der Waals surface area contributed by atoms with Gasteiger partial charge in [-0.3, -0.25) is 0 Å². The van der Waals surface area contributed by atoms with Gasteiger partial charge in [0.25, 0.3) is 0 Å². The van der Waals surface area contributed by atoms with E-state index in [-0.39, 0.29) is 0 Å². The summed E-state index contributed by atoms with van der Waals surface area (Å²) in [6.07, 6.45) is 4.69. The van der Waals surface area contributed by atoms with Gasteiger partial charge in [-0.1, -0.05) is 13.0 Å². The summed E-state index contributed by atoms with van der Waals surface area (Å²) >= 11 is 0. The fourth-order valence-corrected chi connectivity index (χ4v) is 0.792. The molecule has 0 saturated carbocycles. The molecule has 0 aliphatic rings. The number of aliphatic carboxylic acids is 1. The minimum atomic E-state index is -0.866. The van der Waals surface area contributed by atoms with Gasteiger partial charge in [0.1, 0.15) is 0 Å². The summed E-state index contributed by atoms with van der Waals surface area (Å²) < 4.78 is 5.15. The first kappa shape index (κ1) is 11.9. The normalized spacial score (nSPS) is 11.3. The molecule has 3 heteroatoms. The highest BCUT2D eigenvalue weighted by atomic mass is 16.5. The second-order valence-corrected chi connectivity index (χ2v) is 2.54. The van der Waals surface area contributed by atoms with Crippen LogP contribution in [0.3, 0.4) is 0 Å². The van der Waals surface area contributed by atoms with Crippen molar-refractivity contribution in [2.45, 2.75) is 19.8 Å². The van der Waals surface area contributed by atoms with E-state index in [1.54, 1.807) is 12.2 Å². The van der Waals surface area contributed by atoms with E-state index in [0.29, 0.717) is 25.2 Å². The molecule has 0 atom stereocenters. The summed E-state index contributed by atoms with van der Waals surface area (Å²) in [5.74, 6) is -0.866. The molecule has 3 nitrogen and oxygen atoms in total. The van der Waals surface area contributed by atoms with Crippen LogP contribution in [0.1, 0.15) is 19.8 Å². The van der Waals surface area contributed by atoms with E-state index in [2.05, 4.69) is 6.58 Å². The average Bonchev–Trinajstić information content (AvgIpc) is 2.10. The topological polar surface area (TPSA) is 46.5 Å².